The molecule has 0 radical (unpaired) electrons. The normalized spacial score (nSPS) is 17.2. The van der Waals surface area contributed by atoms with Gasteiger partial charge in [-0.05, 0) is 44.4 Å². The summed E-state index contributed by atoms with van der Waals surface area (Å²) in [5.74, 6) is 1.39. The number of unbranched alkanes of at least 4 members (excludes halogenated alkanes) is 1. The second-order valence-electron chi connectivity index (χ2n) is 6.06. The van der Waals surface area contributed by atoms with Gasteiger partial charge in [-0.25, -0.2) is 0 Å². The van der Waals surface area contributed by atoms with Gasteiger partial charge in [-0.2, -0.15) is 0 Å². The van der Waals surface area contributed by atoms with Gasteiger partial charge in [0.15, 0.2) is 11.5 Å². The van der Waals surface area contributed by atoms with Crippen molar-refractivity contribution in [1.29, 1.82) is 0 Å². The van der Waals surface area contributed by atoms with E-state index in [0.717, 1.165) is 25.8 Å². The molecule has 1 aromatic carbocycles. The number of benzene rings is 1. The first kappa shape index (κ1) is 18.9. The molecule has 1 unspecified atom stereocenters. The average Bonchev–Trinajstić information content (AvgIpc) is 3.05. The van der Waals surface area contributed by atoms with Gasteiger partial charge in [0.05, 0.1) is 18.2 Å². The van der Waals surface area contributed by atoms with Gasteiger partial charge in [0, 0.05) is 18.7 Å². The molecule has 2 rings (SSSR count). The number of nitrogens with zero attached hydrogens (tertiary/aromatic N) is 1. The summed E-state index contributed by atoms with van der Waals surface area (Å²) in [6.45, 7) is 7.10. The van der Waals surface area contributed by atoms with Crippen LogP contribution in [0.25, 0.3) is 0 Å². The number of nitrogens with two attached hydrogens (primary N) is 1. The van der Waals surface area contributed by atoms with E-state index in [9.17, 15) is 4.79 Å². The highest BCUT2D eigenvalue weighted by molar-refractivity contribution is 6.32. The topological polar surface area (TPSA) is 64.8 Å². The van der Waals surface area contributed by atoms with Gasteiger partial charge in [0.25, 0.3) is 5.91 Å². The van der Waals surface area contributed by atoms with Crippen LogP contribution in [0.4, 0.5) is 0 Å². The second kappa shape index (κ2) is 9.14. The molecule has 1 aliphatic rings. The molecular weight excluding hydrogens is 328 g/mol. The van der Waals surface area contributed by atoms with E-state index < -0.39 is 0 Å². The molecule has 1 saturated heterocycles. The fourth-order valence-corrected chi connectivity index (χ4v) is 3.07. The lowest BCUT2D eigenvalue weighted by molar-refractivity contribution is 0.0787. The first-order chi connectivity index (χ1) is 11.6. The van der Waals surface area contributed by atoms with Crippen LogP contribution in [0.15, 0.2) is 12.1 Å². The van der Waals surface area contributed by atoms with Crippen molar-refractivity contribution in [3.8, 4) is 11.5 Å². The van der Waals surface area contributed by atoms with E-state index in [4.69, 9.17) is 26.8 Å². The van der Waals surface area contributed by atoms with Crippen LogP contribution in [-0.4, -0.2) is 43.7 Å². The third kappa shape index (κ3) is 4.54. The third-order valence-electron chi connectivity index (χ3n) is 4.21. The molecule has 1 heterocycles. The molecule has 5 nitrogen and oxygen atoms in total. The second-order valence-corrected chi connectivity index (χ2v) is 6.47. The van der Waals surface area contributed by atoms with Crippen LogP contribution in [0.2, 0.25) is 5.02 Å². The number of hydrogen-bond donors (Lipinski definition) is 1. The minimum Gasteiger partial charge on any atom is -0.490 e. The lowest BCUT2D eigenvalue weighted by Crippen LogP contribution is -2.29. The van der Waals surface area contributed by atoms with Crippen molar-refractivity contribution < 1.29 is 14.3 Å². The lowest BCUT2D eigenvalue weighted by atomic mass is 10.1. The number of rotatable bonds is 8. The molecule has 0 spiro atoms. The molecule has 1 aliphatic heterocycles. The van der Waals surface area contributed by atoms with Gasteiger partial charge in [-0.3, -0.25) is 4.79 Å². The molecule has 0 bridgehead atoms. The Morgan fingerprint density at radius 1 is 1.38 bits per heavy atom. The van der Waals surface area contributed by atoms with Gasteiger partial charge in [-0.15, -0.1) is 0 Å². The van der Waals surface area contributed by atoms with Crippen LogP contribution in [0.1, 0.15) is 43.5 Å². The SMILES string of the molecule is CCCCOc1c(Cl)cc(C(=O)N2CCC(CN)C2)cc1OCC. The van der Waals surface area contributed by atoms with Crippen LogP contribution in [-0.2, 0) is 0 Å². The van der Waals surface area contributed by atoms with E-state index >= 15 is 0 Å². The van der Waals surface area contributed by atoms with E-state index in [1.807, 2.05) is 11.8 Å². The molecule has 1 amide bonds. The number of carbonyl (C=O) groups is 1. The van der Waals surface area contributed by atoms with Gasteiger partial charge in [-0.1, -0.05) is 24.9 Å². The molecule has 0 aromatic heterocycles. The summed E-state index contributed by atoms with van der Waals surface area (Å²) in [5.41, 5.74) is 6.24. The first-order valence-electron chi connectivity index (χ1n) is 8.69. The van der Waals surface area contributed by atoms with E-state index in [0.29, 0.717) is 54.3 Å². The number of amides is 1. The lowest BCUT2D eigenvalue weighted by Gasteiger charge is -2.19. The maximum Gasteiger partial charge on any atom is 0.254 e. The van der Waals surface area contributed by atoms with Crippen molar-refractivity contribution in [3.05, 3.63) is 22.7 Å². The molecule has 134 valence electrons. The Bertz CT molecular complexity index is 565. The van der Waals surface area contributed by atoms with E-state index in [1.54, 1.807) is 12.1 Å². The molecule has 1 atom stereocenters. The summed E-state index contributed by atoms with van der Waals surface area (Å²) < 4.78 is 11.4. The van der Waals surface area contributed by atoms with Crippen LogP contribution in [0, 0.1) is 5.92 Å². The fourth-order valence-electron chi connectivity index (χ4n) is 2.81. The van der Waals surface area contributed by atoms with Gasteiger partial charge in [0.1, 0.15) is 0 Å². The van der Waals surface area contributed by atoms with Crippen molar-refractivity contribution in [2.45, 2.75) is 33.1 Å². The van der Waals surface area contributed by atoms with E-state index in [-0.39, 0.29) is 5.91 Å². The van der Waals surface area contributed by atoms with Crippen molar-refractivity contribution in [2.24, 2.45) is 11.7 Å². The number of hydrogen-bond acceptors (Lipinski definition) is 4. The minimum absolute atomic E-state index is 0.0334. The molecule has 0 saturated carbocycles. The van der Waals surface area contributed by atoms with E-state index in [2.05, 4.69) is 6.92 Å². The monoisotopic (exact) mass is 354 g/mol. The Hall–Kier alpha value is -1.46. The highest BCUT2D eigenvalue weighted by Crippen LogP contribution is 2.37. The molecule has 24 heavy (non-hydrogen) atoms. The fraction of sp³-hybridized carbons (Fsp3) is 0.611. The Morgan fingerprint density at radius 3 is 2.79 bits per heavy atom. The molecule has 6 heteroatoms. The van der Waals surface area contributed by atoms with Gasteiger partial charge in [0.2, 0.25) is 0 Å². The average molecular weight is 355 g/mol. The van der Waals surface area contributed by atoms with Crippen LogP contribution in [0.5, 0.6) is 11.5 Å². The predicted molar refractivity (Wildman–Crippen MR) is 96.1 cm³/mol. The zero-order valence-electron chi connectivity index (χ0n) is 14.5. The number of likely N-dealkylation sites (tertiary alicyclic amines) is 1. The Labute approximate surface area is 149 Å². The first-order valence-corrected chi connectivity index (χ1v) is 9.06. The van der Waals surface area contributed by atoms with Crippen molar-refractivity contribution >= 4 is 17.5 Å². The smallest absolute Gasteiger partial charge is 0.254 e. The maximum atomic E-state index is 12.7. The Kier molecular flexibility index (Phi) is 7.18. The molecule has 1 aromatic rings. The highest BCUT2D eigenvalue weighted by Gasteiger charge is 2.27. The van der Waals surface area contributed by atoms with Crippen LogP contribution < -0.4 is 15.2 Å². The molecule has 1 fully saturated rings. The number of ether oxygens (including phenoxy) is 2. The number of halogens is 1. The van der Waals surface area contributed by atoms with Gasteiger partial charge < -0.3 is 20.1 Å². The maximum absolute atomic E-state index is 12.7. The summed E-state index contributed by atoms with van der Waals surface area (Å²) in [6, 6.07) is 3.40. The van der Waals surface area contributed by atoms with Crippen LogP contribution >= 0.6 is 11.6 Å². The van der Waals surface area contributed by atoms with Crippen LogP contribution in [0.3, 0.4) is 0 Å². The van der Waals surface area contributed by atoms with Crippen molar-refractivity contribution in [2.75, 3.05) is 32.8 Å². The summed E-state index contributed by atoms with van der Waals surface area (Å²) in [7, 11) is 0. The zero-order chi connectivity index (χ0) is 17.5. The summed E-state index contributed by atoms with van der Waals surface area (Å²) in [6.07, 6.45) is 2.93. The Morgan fingerprint density at radius 2 is 2.17 bits per heavy atom. The zero-order valence-corrected chi connectivity index (χ0v) is 15.3. The molecular formula is C18H27ClN2O3. The quantitative estimate of drug-likeness (QED) is 0.727. The molecule has 0 aliphatic carbocycles. The number of carbonyl (C=O) groups excluding carboxylic acids is 1. The van der Waals surface area contributed by atoms with Gasteiger partial charge >= 0.3 is 0 Å². The van der Waals surface area contributed by atoms with Crippen molar-refractivity contribution in [3.63, 3.8) is 0 Å². The molecule has 2 N–H and O–H groups in total. The summed E-state index contributed by atoms with van der Waals surface area (Å²) >= 11 is 6.36. The minimum atomic E-state index is -0.0334. The van der Waals surface area contributed by atoms with E-state index in [1.165, 1.54) is 0 Å². The summed E-state index contributed by atoms with van der Waals surface area (Å²) in [4.78, 5) is 14.5. The third-order valence-corrected chi connectivity index (χ3v) is 4.49. The predicted octanol–water partition coefficient (Wildman–Crippen LogP) is 3.34. The highest BCUT2D eigenvalue weighted by atomic mass is 35.5. The Balaban J connectivity index is 2.20. The van der Waals surface area contributed by atoms with Crippen molar-refractivity contribution in [1.82, 2.24) is 4.90 Å². The standard InChI is InChI=1S/C18H27ClN2O3/c1-3-5-8-24-17-15(19)9-14(10-16(17)23-4-2)18(22)21-7-6-13(11-20)12-21/h9-10,13H,3-8,11-12,20H2,1-2H3. The summed E-state index contributed by atoms with van der Waals surface area (Å²) in [5, 5.41) is 0.412. The largest absolute Gasteiger partial charge is 0.490 e.